The van der Waals surface area contributed by atoms with Crippen LogP contribution in [0.5, 0.6) is 0 Å². The van der Waals surface area contributed by atoms with Gasteiger partial charge in [-0.3, -0.25) is 9.59 Å². The summed E-state index contributed by atoms with van der Waals surface area (Å²) in [5.41, 5.74) is 0.228. The van der Waals surface area contributed by atoms with Crippen molar-refractivity contribution in [1.82, 2.24) is 15.1 Å². The Morgan fingerprint density at radius 2 is 2.08 bits per heavy atom. The van der Waals surface area contributed by atoms with Crippen LogP contribution in [-0.4, -0.2) is 60.4 Å². The second-order valence-corrected chi connectivity index (χ2v) is 7.76. The van der Waals surface area contributed by atoms with Crippen LogP contribution in [0.2, 0.25) is 0 Å². The van der Waals surface area contributed by atoms with Gasteiger partial charge in [0.25, 0.3) is 0 Å². The van der Waals surface area contributed by atoms with Crippen LogP contribution in [0.15, 0.2) is 24.3 Å². The fourth-order valence-electron chi connectivity index (χ4n) is 4.65. The van der Waals surface area contributed by atoms with Crippen LogP contribution in [0.25, 0.3) is 0 Å². The van der Waals surface area contributed by atoms with E-state index in [1.165, 1.54) is 12.1 Å². The molecule has 2 heterocycles. The Hall–Kier alpha value is -1.95. The summed E-state index contributed by atoms with van der Waals surface area (Å²) in [4.78, 5) is 29.5. The van der Waals surface area contributed by atoms with E-state index in [-0.39, 0.29) is 23.7 Å². The molecule has 1 saturated carbocycles. The maximum absolute atomic E-state index is 13.7. The zero-order valence-corrected chi connectivity index (χ0v) is 15.0. The van der Waals surface area contributed by atoms with Gasteiger partial charge in [-0.05, 0) is 43.4 Å². The lowest BCUT2D eigenvalue weighted by Gasteiger charge is -2.47. The van der Waals surface area contributed by atoms with Gasteiger partial charge in [-0.1, -0.05) is 18.6 Å². The van der Waals surface area contributed by atoms with Crippen molar-refractivity contribution in [2.75, 3.05) is 32.7 Å². The number of amides is 2. The Bertz CT molecular complexity index is 704. The van der Waals surface area contributed by atoms with Crippen LogP contribution in [0, 0.1) is 5.82 Å². The molecule has 0 radical (unpaired) electrons. The van der Waals surface area contributed by atoms with Crippen LogP contribution in [-0.2, 0) is 15.0 Å². The molecule has 26 heavy (non-hydrogen) atoms. The van der Waals surface area contributed by atoms with Crippen molar-refractivity contribution < 1.29 is 14.0 Å². The summed E-state index contributed by atoms with van der Waals surface area (Å²) in [6.07, 6.45) is 4.41. The van der Waals surface area contributed by atoms with Crippen molar-refractivity contribution in [2.45, 2.75) is 43.6 Å². The minimum Gasteiger partial charge on any atom is -0.340 e. The lowest BCUT2D eigenvalue weighted by atomic mass is 9.63. The summed E-state index contributed by atoms with van der Waals surface area (Å²) in [7, 11) is 0. The number of benzene rings is 1. The number of nitrogens with zero attached hydrogens (tertiary/aromatic N) is 2. The molecule has 1 aliphatic carbocycles. The first-order valence-electron chi connectivity index (χ1n) is 9.66. The van der Waals surface area contributed by atoms with E-state index in [0.29, 0.717) is 19.6 Å². The van der Waals surface area contributed by atoms with Gasteiger partial charge in [0.1, 0.15) is 5.82 Å². The third-order valence-corrected chi connectivity index (χ3v) is 6.24. The molecule has 3 fully saturated rings. The van der Waals surface area contributed by atoms with Crippen molar-refractivity contribution in [2.24, 2.45) is 0 Å². The number of carbonyl (C=O) groups excluding carboxylic acids is 2. The first-order chi connectivity index (χ1) is 12.6. The lowest BCUT2D eigenvalue weighted by Crippen LogP contribution is -2.60. The molecule has 3 aliphatic rings. The number of nitrogens with one attached hydrogen (secondary N) is 1. The maximum Gasteiger partial charge on any atom is 0.236 e. The highest BCUT2D eigenvalue weighted by Crippen LogP contribution is 2.45. The van der Waals surface area contributed by atoms with Gasteiger partial charge in [0.15, 0.2) is 0 Å². The lowest BCUT2D eigenvalue weighted by molar-refractivity contribution is -0.146. The van der Waals surface area contributed by atoms with E-state index < -0.39 is 5.41 Å². The minimum absolute atomic E-state index is 0.104. The van der Waals surface area contributed by atoms with Crippen molar-refractivity contribution in [1.29, 1.82) is 0 Å². The summed E-state index contributed by atoms with van der Waals surface area (Å²) in [5, 5.41) is 3.10. The predicted molar refractivity (Wildman–Crippen MR) is 96.1 cm³/mol. The largest absolute Gasteiger partial charge is 0.340 e. The van der Waals surface area contributed by atoms with Gasteiger partial charge in [0.2, 0.25) is 11.8 Å². The minimum atomic E-state index is -0.572. The Labute approximate surface area is 153 Å². The fraction of sp³-hybridized carbons (Fsp3) is 0.600. The van der Waals surface area contributed by atoms with E-state index >= 15 is 0 Å². The summed E-state index contributed by atoms with van der Waals surface area (Å²) in [5.74, 6) is -0.0508. The first-order valence-corrected chi connectivity index (χ1v) is 9.66. The predicted octanol–water partition coefficient (Wildman–Crippen LogP) is 1.67. The van der Waals surface area contributed by atoms with Gasteiger partial charge in [0.05, 0.1) is 12.0 Å². The molecule has 2 saturated heterocycles. The molecule has 2 amide bonds. The molecule has 1 unspecified atom stereocenters. The average Bonchev–Trinajstić information content (AvgIpc) is 2.61. The van der Waals surface area contributed by atoms with E-state index in [0.717, 1.165) is 50.8 Å². The molecular formula is C20H26FN3O2. The number of carbonyl (C=O) groups is 2. The highest BCUT2D eigenvalue weighted by atomic mass is 19.1. The number of hydrogen-bond donors (Lipinski definition) is 1. The SMILES string of the molecule is O=C1CNCCN1C1CCCN(C(=O)C2(c3cccc(F)c3)CCC2)C1. The Morgan fingerprint density at radius 1 is 1.23 bits per heavy atom. The number of hydrogen-bond acceptors (Lipinski definition) is 3. The number of piperidine rings is 1. The molecule has 140 valence electrons. The van der Waals surface area contributed by atoms with Crippen LogP contribution >= 0.6 is 0 Å². The highest BCUT2D eigenvalue weighted by molar-refractivity contribution is 5.89. The molecule has 1 atom stereocenters. The second kappa shape index (κ2) is 6.99. The van der Waals surface area contributed by atoms with Crippen LogP contribution < -0.4 is 5.32 Å². The fourth-order valence-corrected chi connectivity index (χ4v) is 4.65. The first kappa shape index (κ1) is 17.5. The summed E-state index contributed by atoms with van der Waals surface area (Å²) in [6, 6.07) is 6.61. The zero-order chi connectivity index (χ0) is 18.1. The number of rotatable bonds is 3. The standard InChI is InChI=1S/C20H26FN3O2/c21-16-5-1-4-15(12-16)20(7-3-8-20)19(26)23-10-2-6-17(14-23)24-11-9-22-13-18(24)25/h1,4-5,12,17,22H,2-3,6-11,13-14H2. The number of likely N-dealkylation sites (tertiary alicyclic amines) is 1. The Morgan fingerprint density at radius 3 is 2.77 bits per heavy atom. The quantitative estimate of drug-likeness (QED) is 0.893. The van der Waals surface area contributed by atoms with Crippen molar-refractivity contribution in [3.05, 3.63) is 35.6 Å². The molecule has 6 heteroatoms. The number of halogens is 1. The van der Waals surface area contributed by atoms with E-state index in [1.807, 2.05) is 15.9 Å². The van der Waals surface area contributed by atoms with Crippen molar-refractivity contribution >= 4 is 11.8 Å². The third kappa shape index (κ3) is 3.00. The average molecular weight is 359 g/mol. The van der Waals surface area contributed by atoms with Crippen molar-refractivity contribution in [3.8, 4) is 0 Å². The molecule has 0 bridgehead atoms. The van der Waals surface area contributed by atoms with E-state index in [4.69, 9.17) is 0 Å². The second-order valence-electron chi connectivity index (χ2n) is 7.76. The molecule has 0 aromatic heterocycles. The normalized spacial score (nSPS) is 25.7. The number of piperazine rings is 1. The molecule has 1 aromatic rings. The molecule has 4 rings (SSSR count). The van der Waals surface area contributed by atoms with Crippen LogP contribution in [0.3, 0.4) is 0 Å². The van der Waals surface area contributed by atoms with Crippen LogP contribution in [0.1, 0.15) is 37.7 Å². The molecular weight excluding hydrogens is 333 g/mol. The zero-order valence-electron chi connectivity index (χ0n) is 15.0. The topological polar surface area (TPSA) is 52.7 Å². The molecule has 5 nitrogen and oxygen atoms in total. The summed E-state index contributed by atoms with van der Waals surface area (Å²) in [6.45, 7) is 3.23. The van der Waals surface area contributed by atoms with E-state index in [2.05, 4.69) is 5.32 Å². The summed E-state index contributed by atoms with van der Waals surface area (Å²) < 4.78 is 13.7. The van der Waals surface area contributed by atoms with Gasteiger partial charge in [0, 0.05) is 32.2 Å². The monoisotopic (exact) mass is 359 g/mol. The molecule has 1 N–H and O–H groups in total. The molecule has 1 aromatic carbocycles. The Kier molecular flexibility index (Phi) is 4.69. The van der Waals surface area contributed by atoms with Gasteiger partial charge in [-0.25, -0.2) is 4.39 Å². The van der Waals surface area contributed by atoms with Crippen LogP contribution in [0.4, 0.5) is 4.39 Å². The molecule has 2 aliphatic heterocycles. The highest BCUT2D eigenvalue weighted by Gasteiger charge is 2.48. The maximum atomic E-state index is 13.7. The third-order valence-electron chi connectivity index (χ3n) is 6.24. The van der Waals surface area contributed by atoms with Crippen molar-refractivity contribution in [3.63, 3.8) is 0 Å². The Balaban J connectivity index is 1.52. The van der Waals surface area contributed by atoms with Gasteiger partial charge in [-0.15, -0.1) is 0 Å². The van der Waals surface area contributed by atoms with Gasteiger partial charge >= 0.3 is 0 Å². The molecule has 0 spiro atoms. The van der Waals surface area contributed by atoms with Gasteiger partial charge in [-0.2, -0.15) is 0 Å². The van der Waals surface area contributed by atoms with E-state index in [1.54, 1.807) is 6.07 Å². The van der Waals surface area contributed by atoms with Gasteiger partial charge < -0.3 is 15.1 Å². The van der Waals surface area contributed by atoms with E-state index in [9.17, 15) is 14.0 Å². The smallest absolute Gasteiger partial charge is 0.236 e. The summed E-state index contributed by atoms with van der Waals surface area (Å²) >= 11 is 0.